The number of rotatable bonds is 3. The summed E-state index contributed by atoms with van der Waals surface area (Å²) >= 11 is 0. The smallest absolute Gasteiger partial charge is 0.148 e. The topological polar surface area (TPSA) is 38.0 Å². The zero-order chi connectivity index (χ0) is 10.6. The fourth-order valence-corrected chi connectivity index (χ4v) is 1.06. The van der Waals surface area contributed by atoms with Crippen molar-refractivity contribution in [1.29, 1.82) is 0 Å². The first-order chi connectivity index (χ1) is 6.61. The maximum absolute atomic E-state index is 13.0. The van der Waals surface area contributed by atoms with Gasteiger partial charge in [0.05, 0.1) is 11.4 Å². The molecule has 0 bridgehead atoms. The summed E-state index contributed by atoms with van der Waals surface area (Å²) in [7, 11) is 0. The van der Waals surface area contributed by atoms with E-state index in [-0.39, 0.29) is 11.5 Å². The van der Waals surface area contributed by atoms with Gasteiger partial charge < -0.3 is 11.1 Å². The normalized spacial score (nSPS) is 9.64. The van der Waals surface area contributed by atoms with Crippen LogP contribution in [0.25, 0.3) is 0 Å². The number of para-hydroxylation sites is 1. The van der Waals surface area contributed by atoms with Gasteiger partial charge in [-0.05, 0) is 26.0 Å². The maximum Gasteiger partial charge on any atom is 0.148 e. The summed E-state index contributed by atoms with van der Waals surface area (Å²) in [6.07, 6.45) is 2.02. The molecule has 0 atom stereocenters. The Morgan fingerprint density at radius 3 is 2.86 bits per heavy atom. The van der Waals surface area contributed by atoms with Crippen LogP contribution in [-0.2, 0) is 0 Å². The molecule has 0 spiro atoms. The van der Waals surface area contributed by atoms with Crippen molar-refractivity contribution in [1.82, 2.24) is 0 Å². The van der Waals surface area contributed by atoms with Gasteiger partial charge in [-0.1, -0.05) is 17.7 Å². The molecule has 3 heteroatoms. The van der Waals surface area contributed by atoms with Crippen LogP contribution in [0.3, 0.4) is 0 Å². The van der Waals surface area contributed by atoms with Crippen LogP contribution in [-0.4, -0.2) is 6.54 Å². The Bertz CT molecular complexity index is 341. The number of nitrogens with two attached hydrogens (primary N) is 1. The molecule has 0 unspecified atom stereocenters. The molecule has 2 nitrogen and oxygen atoms in total. The Labute approximate surface area is 83.6 Å². The summed E-state index contributed by atoms with van der Waals surface area (Å²) in [5.74, 6) is -0.382. The van der Waals surface area contributed by atoms with Crippen molar-refractivity contribution in [2.45, 2.75) is 13.8 Å². The van der Waals surface area contributed by atoms with E-state index in [4.69, 9.17) is 5.73 Å². The van der Waals surface area contributed by atoms with E-state index in [0.717, 1.165) is 0 Å². The van der Waals surface area contributed by atoms with E-state index >= 15 is 0 Å². The van der Waals surface area contributed by atoms with Crippen molar-refractivity contribution in [2.75, 3.05) is 17.6 Å². The molecule has 0 aliphatic rings. The van der Waals surface area contributed by atoms with E-state index in [9.17, 15) is 4.39 Å². The van der Waals surface area contributed by atoms with Gasteiger partial charge in [0.2, 0.25) is 0 Å². The Hall–Kier alpha value is -1.51. The van der Waals surface area contributed by atoms with Crippen LogP contribution >= 0.6 is 0 Å². The van der Waals surface area contributed by atoms with Gasteiger partial charge in [0.15, 0.2) is 0 Å². The second-order valence-electron chi connectivity index (χ2n) is 3.36. The van der Waals surface area contributed by atoms with Crippen molar-refractivity contribution < 1.29 is 4.39 Å². The van der Waals surface area contributed by atoms with Gasteiger partial charge in [0, 0.05) is 6.54 Å². The highest BCUT2D eigenvalue weighted by molar-refractivity contribution is 5.66. The van der Waals surface area contributed by atoms with Crippen molar-refractivity contribution >= 4 is 11.4 Å². The van der Waals surface area contributed by atoms with Gasteiger partial charge in [-0.2, -0.15) is 0 Å². The number of benzene rings is 1. The monoisotopic (exact) mass is 194 g/mol. The van der Waals surface area contributed by atoms with Crippen LogP contribution in [0.5, 0.6) is 0 Å². The number of hydrogen-bond acceptors (Lipinski definition) is 2. The van der Waals surface area contributed by atoms with Crippen molar-refractivity contribution in [3.05, 3.63) is 35.7 Å². The lowest BCUT2D eigenvalue weighted by molar-refractivity contribution is 0.633. The third-order valence-electron chi connectivity index (χ3n) is 1.86. The second-order valence-corrected chi connectivity index (χ2v) is 3.36. The average molecular weight is 194 g/mol. The molecule has 76 valence electrons. The molecule has 3 N–H and O–H groups in total. The lowest BCUT2D eigenvalue weighted by Gasteiger charge is -2.07. The van der Waals surface area contributed by atoms with Crippen molar-refractivity contribution in [3.8, 4) is 0 Å². The Balaban J connectivity index is 2.68. The predicted molar refractivity (Wildman–Crippen MR) is 58.7 cm³/mol. The van der Waals surface area contributed by atoms with Crippen LogP contribution in [0, 0.1) is 5.82 Å². The predicted octanol–water partition coefficient (Wildman–Crippen LogP) is 2.79. The van der Waals surface area contributed by atoms with Gasteiger partial charge in [-0.25, -0.2) is 4.39 Å². The molecule has 0 radical (unpaired) electrons. The molecule has 1 aromatic carbocycles. The first kappa shape index (κ1) is 10.6. The SMILES string of the molecule is CC(C)=CCNc1cccc(F)c1N. The van der Waals surface area contributed by atoms with Gasteiger partial charge in [-0.15, -0.1) is 0 Å². The van der Waals surface area contributed by atoms with Crippen LogP contribution in [0.1, 0.15) is 13.8 Å². The maximum atomic E-state index is 13.0. The van der Waals surface area contributed by atoms with E-state index < -0.39 is 0 Å². The quantitative estimate of drug-likeness (QED) is 0.573. The van der Waals surface area contributed by atoms with Gasteiger partial charge in [-0.3, -0.25) is 0 Å². The number of nitrogen functional groups attached to an aromatic ring is 1. The molecule has 0 amide bonds. The molecule has 0 saturated carbocycles. The van der Waals surface area contributed by atoms with Crippen molar-refractivity contribution in [3.63, 3.8) is 0 Å². The molecule has 0 aliphatic carbocycles. The first-order valence-corrected chi connectivity index (χ1v) is 4.52. The highest BCUT2D eigenvalue weighted by atomic mass is 19.1. The lowest BCUT2D eigenvalue weighted by atomic mass is 10.2. The number of anilines is 2. The summed E-state index contributed by atoms with van der Waals surface area (Å²) in [4.78, 5) is 0. The molecular weight excluding hydrogens is 179 g/mol. The fraction of sp³-hybridized carbons (Fsp3) is 0.273. The Kier molecular flexibility index (Phi) is 3.51. The number of allylic oxidation sites excluding steroid dienone is 1. The third-order valence-corrected chi connectivity index (χ3v) is 1.86. The summed E-state index contributed by atoms with van der Waals surface area (Å²) in [6.45, 7) is 4.68. The second kappa shape index (κ2) is 4.65. The van der Waals surface area contributed by atoms with Gasteiger partial charge in [0.25, 0.3) is 0 Å². The molecule has 0 fully saturated rings. The molecule has 0 aliphatic heterocycles. The van der Waals surface area contributed by atoms with Crippen LogP contribution < -0.4 is 11.1 Å². The minimum Gasteiger partial charge on any atom is -0.395 e. The highest BCUT2D eigenvalue weighted by Gasteiger charge is 2.01. The van der Waals surface area contributed by atoms with E-state index in [1.807, 2.05) is 19.9 Å². The lowest BCUT2D eigenvalue weighted by Crippen LogP contribution is -2.03. The zero-order valence-corrected chi connectivity index (χ0v) is 8.47. The summed E-state index contributed by atoms with van der Waals surface area (Å²) in [6, 6.07) is 4.75. The highest BCUT2D eigenvalue weighted by Crippen LogP contribution is 2.20. The zero-order valence-electron chi connectivity index (χ0n) is 8.47. The van der Waals surface area contributed by atoms with Crippen LogP contribution in [0.15, 0.2) is 29.8 Å². The molecule has 1 rings (SSSR count). The largest absolute Gasteiger partial charge is 0.395 e. The van der Waals surface area contributed by atoms with E-state index in [0.29, 0.717) is 12.2 Å². The minimum absolute atomic E-state index is 0.176. The molecule has 1 aromatic rings. The first-order valence-electron chi connectivity index (χ1n) is 4.52. The van der Waals surface area contributed by atoms with E-state index in [1.54, 1.807) is 12.1 Å². The van der Waals surface area contributed by atoms with E-state index in [1.165, 1.54) is 11.6 Å². The fourth-order valence-electron chi connectivity index (χ4n) is 1.06. The summed E-state index contributed by atoms with van der Waals surface area (Å²) < 4.78 is 13.0. The van der Waals surface area contributed by atoms with Gasteiger partial charge >= 0.3 is 0 Å². The number of nitrogens with one attached hydrogen (secondary N) is 1. The molecular formula is C11H15FN2. The molecule has 0 heterocycles. The molecule has 0 aromatic heterocycles. The minimum atomic E-state index is -0.382. The van der Waals surface area contributed by atoms with E-state index in [2.05, 4.69) is 5.32 Å². The average Bonchev–Trinajstić information content (AvgIpc) is 2.12. The number of hydrogen-bond donors (Lipinski definition) is 2. The van der Waals surface area contributed by atoms with Crippen LogP contribution in [0.4, 0.5) is 15.8 Å². The molecule has 14 heavy (non-hydrogen) atoms. The summed E-state index contributed by atoms with van der Waals surface area (Å²) in [5, 5.41) is 3.04. The van der Waals surface area contributed by atoms with Gasteiger partial charge in [0.1, 0.15) is 5.82 Å². The molecule has 0 saturated heterocycles. The number of halogens is 1. The third kappa shape index (κ3) is 2.76. The Morgan fingerprint density at radius 1 is 1.50 bits per heavy atom. The Morgan fingerprint density at radius 2 is 2.21 bits per heavy atom. The standard InChI is InChI=1S/C11H15FN2/c1-8(2)6-7-14-10-5-3-4-9(12)11(10)13/h3-6,14H,7,13H2,1-2H3. The summed E-state index contributed by atoms with van der Waals surface area (Å²) in [5.41, 5.74) is 7.57. The van der Waals surface area contributed by atoms with Crippen LogP contribution in [0.2, 0.25) is 0 Å². The van der Waals surface area contributed by atoms with Crippen molar-refractivity contribution in [2.24, 2.45) is 0 Å².